The highest BCUT2D eigenvalue weighted by Gasteiger charge is 2.10. The third-order valence-electron chi connectivity index (χ3n) is 3.86. The molecule has 0 aliphatic rings. The van der Waals surface area contributed by atoms with Gasteiger partial charge in [-0.25, -0.2) is 0 Å². The normalized spacial score (nSPS) is 10.7. The molecule has 5 heteroatoms. The van der Waals surface area contributed by atoms with Gasteiger partial charge in [0.1, 0.15) is 11.5 Å². The highest BCUT2D eigenvalue weighted by molar-refractivity contribution is 5.93. The van der Waals surface area contributed by atoms with Crippen LogP contribution in [-0.2, 0) is 6.54 Å². The van der Waals surface area contributed by atoms with E-state index >= 15 is 0 Å². The summed E-state index contributed by atoms with van der Waals surface area (Å²) in [6.45, 7) is 4.64. The largest absolute Gasteiger partial charge is 0.467 e. The Kier molecular flexibility index (Phi) is 5.14. The highest BCUT2D eigenvalue weighted by Crippen LogP contribution is 2.26. The van der Waals surface area contributed by atoms with Crippen molar-refractivity contribution < 1.29 is 9.21 Å². The van der Waals surface area contributed by atoms with Crippen LogP contribution in [0.25, 0.3) is 0 Å². The molecule has 0 saturated carbocycles. The van der Waals surface area contributed by atoms with Gasteiger partial charge in [0.05, 0.1) is 12.8 Å². The van der Waals surface area contributed by atoms with Crippen LogP contribution < -0.4 is 10.6 Å². The van der Waals surface area contributed by atoms with E-state index in [0.717, 1.165) is 11.4 Å². The Hall–Kier alpha value is -3.08. The van der Waals surface area contributed by atoms with Crippen LogP contribution >= 0.6 is 0 Å². The average Bonchev–Trinajstić information content (AvgIpc) is 3.14. The van der Waals surface area contributed by atoms with Gasteiger partial charge in [-0.05, 0) is 41.8 Å². The van der Waals surface area contributed by atoms with Crippen molar-refractivity contribution in [2.24, 2.45) is 0 Å². The molecular weight excluding hydrogens is 314 g/mol. The third-order valence-corrected chi connectivity index (χ3v) is 3.86. The molecule has 0 bridgehead atoms. The van der Waals surface area contributed by atoms with Gasteiger partial charge in [0.25, 0.3) is 5.91 Å². The highest BCUT2D eigenvalue weighted by atomic mass is 16.3. The molecule has 3 aromatic rings. The van der Waals surface area contributed by atoms with Crippen LogP contribution in [0.5, 0.6) is 0 Å². The van der Waals surface area contributed by atoms with Crippen molar-refractivity contribution in [3.63, 3.8) is 0 Å². The van der Waals surface area contributed by atoms with E-state index in [0.29, 0.717) is 23.9 Å². The number of nitrogens with zero attached hydrogens (tertiary/aromatic N) is 1. The number of furan rings is 1. The predicted molar refractivity (Wildman–Crippen MR) is 97.9 cm³/mol. The van der Waals surface area contributed by atoms with Crippen LogP contribution in [0.4, 0.5) is 11.4 Å². The Labute approximate surface area is 147 Å². The molecule has 2 aromatic heterocycles. The predicted octanol–water partition coefficient (Wildman–Crippen LogP) is 4.47. The molecule has 5 nitrogen and oxygen atoms in total. The number of benzene rings is 1. The van der Waals surface area contributed by atoms with Crippen molar-refractivity contribution in [1.82, 2.24) is 10.3 Å². The molecule has 0 unspecified atom stereocenters. The summed E-state index contributed by atoms with van der Waals surface area (Å²) in [5.74, 6) is 0.868. The number of nitrogens with one attached hydrogen (secondary N) is 2. The van der Waals surface area contributed by atoms with E-state index in [1.54, 1.807) is 24.6 Å². The summed E-state index contributed by atoms with van der Waals surface area (Å²) in [7, 11) is 0. The summed E-state index contributed by atoms with van der Waals surface area (Å²) in [5, 5.41) is 6.18. The molecule has 1 aromatic carbocycles. The molecule has 3 rings (SSSR count). The number of hydrogen-bond acceptors (Lipinski definition) is 4. The van der Waals surface area contributed by atoms with Crippen LogP contribution in [-0.4, -0.2) is 10.9 Å². The number of pyridine rings is 1. The second-order valence-corrected chi connectivity index (χ2v) is 6.06. The fourth-order valence-electron chi connectivity index (χ4n) is 2.57. The minimum atomic E-state index is -0.239. The van der Waals surface area contributed by atoms with E-state index in [-0.39, 0.29) is 5.91 Å². The molecular formula is C20H21N3O2. The Bertz CT molecular complexity index is 842. The number of amides is 1. The number of para-hydroxylation sites is 1. The fraction of sp³-hybridized carbons (Fsp3) is 0.200. The van der Waals surface area contributed by atoms with Crippen LogP contribution in [0, 0.1) is 0 Å². The molecule has 2 heterocycles. The summed E-state index contributed by atoms with van der Waals surface area (Å²) in [6, 6.07) is 15.4. The first-order chi connectivity index (χ1) is 12.1. The van der Waals surface area contributed by atoms with Gasteiger partial charge in [0, 0.05) is 17.6 Å². The van der Waals surface area contributed by atoms with Crippen LogP contribution in [0.3, 0.4) is 0 Å². The lowest BCUT2D eigenvalue weighted by Gasteiger charge is -2.15. The Balaban J connectivity index is 1.72. The maximum absolute atomic E-state index is 12.3. The standard InChI is InChI=1S/C20H21N3O2/c1-14(2)17-7-3-4-8-18(17)23-15-9-10-21-19(12-15)20(24)22-13-16-6-5-11-25-16/h3-12,14H,13H2,1-2H3,(H,21,23)(H,22,24). The number of carbonyl (C=O) groups excluding carboxylic acids is 1. The van der Waals surface area contributed by atoms with Crippen LogP contribution in [0.15, 0.2) is 65.4 Å². The number of carbonyl (C=O) groups is 1. The second kappa shape index (κ2) is 7.66. The minimum Gasteiger partial charge on any atom is -0.467 e. The van der Waals surface area contributed by atoms with E-state index in [1.165, 1.54) is 5.56 Å². The molecule has 0 spiro atoms. The van der Waals surface area contributed by atoms with E-state index in [9.17, 15) is 4.79 Å². The third kappa shape index (κ3) is 4.26. The van der Waals surface area contributed by atoms with Gasteiger partial charge in [0.15, 0.2) is 0 Å². The molecule has 0 saturated heterocycles. The maximum Gasteiger partial charge on any atom is 0.270 e. The van der Waals surface area contributed by atoms with Crippen molar-refractivity contribution >= 4 is 17.3 Å². The zero-order chi connectivity index (χ0) is 17.6. The monoisotopic (exact) mass is 335 g/mol. The summed E-state index contributed by atoms with van der Waals surface area (Å²) >= 11 is 0. The summed E-state index contributed by atoms with van der Waals surface area (Å²) in [6.07, 6.45) is 3.21. The summed E-state index contributed by atoms with van der Waals surface area (Å²) < 4.78 is 5.21. The molecule has 0 atom stereocenters. The van der Waals surface area contributed by atoms with E-state index in [1.807, 2.05) is 30.3 Å². The number of rotatable bonds is 6. The maximum atomic E-state index is 12.3. The SMILES string of the molecule is CC(C)c1ccccc1Nc1ccnc(C(=O)NCc2ccco2)c1. The fourth-order valence-corrected chi connectivity index (χ4v) is 2.57. The molecule has 0 aliphatic heterocycles. The number of aromatic nitrogens is 1. The minimum absolute atomic E-state index is 0.239. The molecule has 1 amide bonds. The van der Waals surface area contributed by atoms with Crippen LogP contribution in [0.2, 0.25) is 0 Å². The van der Waals surface area contributed by atoms with Crippen LogP contribution in [0.1, 0.15) is 41.6 Å². The van der Waals surface area contributed by atoms with Crippen molar-refractivity contribution in [2.45, 2.75) is 26.3 Å². The first-order valence-corrected chi connectivity index (χ1v) is 8.26. The van der Waals surface area contributed by atoms with Gasteiger partial charge in [-0.1, -0.05) is 32.0 Å². The lowest BCUT2D eigenvalue weighted by molar-refractivity contribution is 0.0943. The Morgan fingerprint density at radius 2 is 2.00 bits per heavy atom. The van der Waals surface area contributed by atoms with Crippen molar-refractivity contribution in [2.75, 3.05) is 5.32 Å². The van der Waals surface area contributed by atoms with Gasteiger partial charge < -0.3 is 15.1 Å². The molecule has 0 aliphatic carbocycles. The topological polar surface area (TPSA) is 67.2 Å². The first-order valence-electron chi connectivity index (χ1n) is 8.26. The zero-order valence-electron chi connectivity index (χ0n) is 14.3. The summed E-state index contributed by atoms with van der Waals surface area (Å²) in [5.41, 5.74) is 3.44. The molecule has 128 valence electrons. The first kappa shape index (κ1) is 16.8. The van der Waals surface area contributed by atoms with Gasteiger partial charge in [0.2, 0.25) is 0 Å². The van der Waals surface area contributed by atoms with Gasteiger partial charge >= 0.3 is 0 Å². The van der Waals surface area contributed by atoms with E-state index in [2.05, 4.69) is 35.5 Å². The summed E-state index contributed by atoms with van der Waals surface area (Å²) in [4.78, 5) is 16.4. The lowest BCUT2D eigenvalue weighted by Crippen LogP contribution is -2.23. The van der Waals surface area contributed by atoms with Gasteiger partial charge in [-0.2, -0.15) is 0 Å². The quantitative estimate of drug-likeness (QED) is 0.697. The smallest absolute Gasteiger partial charge is 0.270 e. The van der Waals surface area contributed by atoms with E-state index < -0.39 is 0 Å². The van der Waals surface area contributed by atoms with Crippen molar-refractivity contribution in [3.05, 3.63) is 78.0 Å². The Morgan fingerprint density at radius 3 is 2.76 bits per heavy atom. The number of hydrogen-bond donors (Lipinski definition) is 2. The lowest BCUT2D eigenvalue weighted by atomic mass is 10.0. The molecule has 2 N–H and O–H groups in total. The zero-order valence-corrected chi connectivity index (χ0v) is 14.3. The Morgan fingerprint density at radius 1 is 1.16 bits per heavy atom. The van der Waals surface area contributed by atoms with Gasteiger partial charge in [-0.15, -0.1) is 0 Å². The second-order valence-electron chi connectivity index (χ2n) is 6.06. The van der Waals surface area contributed by atoms with Crippen molar-refractivity contribution in [1.29, 1.82) is 0 Å². The average molecular weight is 335 g/mol. The molecule has 0 radical (unpaired) electrons. The van der Waals surface area contributed by atoms with E-state index in [4.69, 9.17) is 4.42 Å². The van der Waals surface area contributed by atoms with Gasteiger partial charge in [-0.3, -0.25) is 9.78 Å². The molecule has 0 fully saturated rings. The molecule has 25 heavy (non-hydrogen) atoms. The van der Waals surface area contributed by atoms with Crippen molar-refractivity contribution in [3.8, 4) is 0 Å². The number of anilines is 2.